The van der Waals surface area contributed by atoms with E-state index in [0.717, 1.165) is 5.56 Å². The van der Waals surface area contributed by atoms with Gasteiger partial charge in [0.1, 0.15) is 0 Å². The molecule has 0 atom stereocenters. The molecule has 0 aromatic carbocycles. The molecule has 122 valence electrons. The van der Waals surface area contributed by atoms with Crippen LogP contribution >= 0.6 is 0 Å². The van der Waals surface area contributed by atoms with E-state index in [0.29, 0.717) is 38.9 Å². The van der Waals surface area contributed by atoms with Crippen LogP contribution in [0.25, 0.3) is 6.08 Å². The maximum Gasteiger partial charge on any atom is 0.330 e. The summed E-state index contributed by atoms with van der Waals surface area (Å²) in [6, 6.07) is 0. The topological polar surface area (TPSA) is 73.8 Å². The SMILES string of the molecule is CCOC(=O)C=Cc1cnc(N(CCOC)CCOC)nc1. The molecule has 0 aliphatic rings. The number of rotatable bonds is 10. The molecule has 0 aliphatic carbocycles. The Morgan fingerprint density at radius 2 is 1.77 bits per heavy atom. The molecule has 0 N–H and O–H groups in total. The molecule has 7 heteroatoms. The second-order valence-corrected chi connectivity index (χ2v) is 4.37. The van der Waals surface area contributed by atoms with E-state index in [2.05, 4.69) is 9.97 Å². The van der Waals surface area contributed by atoms with Gasteiger partial charge in [-0.3, -0.25) is 0 Å². The standard InChI is InChI=1S/C15H23N3O4/c1-4-22-14(19)6-5-13-11-16-15(17-12-13)18(7-9-20-2)8-10-21-3/h5-6,11-12H,4,7-10H2,1-3H3. The first-order chi connectivity index (χ1) is 10.7. The molecule has 1 aromatic heterocycles. The molecule has 0 amide bonds. The maximum absolute atomic E-state index is 11.2. The van der Waals surface area contributed by atoms with Crippen LogP contribution in [0.5, 0.6) is 0 Å². The van der Waals surface area contributed by atoms with Crippen molar-refractivity contribution in [3.63, 3.8) is 0 Å². The summed E-state index contributed by atoms with van der Waals surface area (Å²) >= 11 is 0. The van der Waals surface area contributed by atoms with Gasteiger partial charge < -0.3 is 19.1 Å². The zero-order valence-electron chi connectivity index (χ0n) is 13.3. The highest BCUT2D eigenvalue weighted by atomic mass is 16.5. The average molecular weight is 309 g/mol. The molecule has 0 aliphatic heterocycles. The van der Waals surface area contributed by atoms with Gasteiger partial charge in [-0.2, -0.15) is 0 Å². The summed E-state index contributed by atoms with van der Waals surface area (Å²) in [4.78, 5) is 21.8. The molecule has 0 saturated heterocycles. The normalized spacial score (nSPS) is 10.9. The van der Waals surface area contributed by atoms with Gasteiger partial charge in [0, 0.05) is 51.3 Å². The van der Waals surface area contributed by atoms with E-state index < -0.39 is 0 Å². The third-order valence-electron chi connectivity index (χ3n) is 2.77. The largest absolute Gasteiger partial charge is 0.463 e. The zero-order chi connectivity index (χ0) is 16.2. The van der Waals surface area contributed by atoms with Crippen molar-refractivity contribution in [2.75, 3.05) is 52.0 Å². The van der Waals surface area contributed by atoms with Crippen molar-refractivity contribution >= 4 is 18.0 Å². The zero-order valence-corrected chi connectivity index (χ0v) is 13.3. The molecule has 1 heterocycles. The monoisotopic (exact) mass is 309 g/mol. The Labute approximate surface area is 130 Å². The second-order valence-electron chi connectivity index (χ2n) is 4.37. The van der Waals surface area contributed by atoms with Gasteiger partial charge in [-0.15, -0.1) is 0 Å². The van der Waals surface area contributed by atoms with Gasteiger partial charge in [-0.25, -0.2) is 14.8 Å². The summed E-state index contributed by atoms with van der Waals surface area (Å²) in [5.41, 5.74) is 0.732. The first kappa shape index (κ1) is 18.1. The third kappa shape index (κ3) is 6.64. The minimum absolute atomic E-state index is 0.354. The van der Waals surface area contributed by atoms with Crippen LogP contribution in [0.3, 0.4) is 0 Å². The van der Waals surface area contributed by atoms with Crippen LogP contribution in [0.2, 0.25) is 0 Å². The van der Waals surface area contributed by atoms with Gasteiger partial charge in [0.15, 0.2) is 0 Å². The van der Waals surface area contributed by atoms with E-state index in [1.165, 1.54) is 6.08 Å². The molecular weight excluding hydrogens is 286 g/mol. The van der Waals surface area contributed by atoms with Gasteiger partial charge in [0.25, 0.3) is 0 Å². The molecule has 22 heavy (non-hydrogen) atoms. The first-order valence-corrected chi connectivity index (χ1v) is 7.11. The summed E-state index contributed by atoms with van der Waals surface area (Å²) in [7, 11) is 3.30. The van der Waals surface area contributed by atoms with Gasteiger partial charge in [-0.1, -0.05) is 0 Å². The van der Waals surface area contributed by atoms with Crippen molar-refractivity contribution in [2.24, 2.45) is 0 Å². The lowest BCUT2D eigenvalue weighted by Crippen LogP contribution is -2.32. The molecule has 1 rings (SSSR count). The number of aromatic nitrogens is 2. The Hall–Kier alpha value is -1.99. The maximum atomic E-state index is 11.2. The fraction of sp³-hybridized carbons (Fsp3) is 0.533. The quantitative estimate of drug-likeness (QED) is 0.474. The van der Waals surface area contributed by atoms with E-state index in [4.69, 9.17) is 14.2 Å². The Bertz CT molecular complexity index is 454. The summed E-state index contributed by atoms with van der Waals surface area (Å²) in [6.07, 6.45) is 6.29. The number of carbonyl (C=O) groups is 1. The molecule has 0 radical (unpaired) electrons. The Balaban J connectivity index is 2.68. The van der Waals surface area contributed by atoms with Crippen molar-refractivity contribution in [2.45, 2.75) is 6.92 Å². The predicted octanol–water partition coefficient (Wildman–Crippen LogP) is 1.15. The number of hydrogen-bond acceptors (Lipinski definition) is 7. The Morgan fingerprint density at radius 3 is 2.27 bits per heavy atom. The summed E-state index contributed by atoms with van der Waals surface area (Å²) in [6.45, 7) is 4.63. The van der Waals surface area contributed by atoms with E-state index in [1.54, 1.807) is 39.6 Å². The van der Waals surface area contributed by atoms with E-state index in [1.807, 2.05) is 4.90 Å². The summed E-state index contributed by atoms with van der Waals surface area (Å²) in [5, 5.41) is 0. The molecule has 7 nitrogen and oxygen atoms in total. The van der Waals surface area contributed by atoms with Crippen molar-refractivity contribution < 1.29 is 19.0 Å². The number of hydrogen-bond donors (Lipinski definition) is 0. The number of methoxy groups -OCH3 is 2. The van der Waals surface area contributed by atoms with Gasteiger partial charge in [0.05, 0.1) is 19.8 Å². The van der Waals surface area contributed by atoms with Crippen molar-refractivity contribution in [1.82, 2.24) is 9.97 Å². The molecule has 0 unspecified atom stereocenters. The number of anilines is 1. The van der Waals surface area contributed by atoms with E-state index >= 15 is 0 Å². The van der Waals surface area contributed by atoms with E-state index in [9.17, 15) is 4.79 Å². The van der Waals surface area contributed by atoms with Crippen molar-refractivity contribution in [3.05, 3.63) is 24.0 Å². The highest BCUT2D eigenvalue weighted by Crippen LogP contribution is 2.08. The lowest BCUT2D eigenvalue weighted by molar-refractivity contribution is -0.137. The summed E-state index contributed by atoms with van der Waals surface area (Å²) < 4.78 is 15.0. The molecule has 0 fully saturated rings. The number of ether oxygens (including phenoxy) is 3. The minimum atomic E-state index is -0.381. The lowest BCUT2D eigenvalue weighted by atomic mass is 10.3. The van der Waals surface area contributed by atoms with Crippen LogP contribution in [0.15, 0.2) is 18.5 Å². The van der Waals surface area contributed by atoms with Crippen LogP contribution in [0, 0.1) is 0 Å². The molecule has 0 saturated carbocycles. The van der Waals surface area contributed by atoms with Gasteiger partial charge in [-0.05, 0) is 13.0 Å². The molecule has 0 bridgehead atoms. The third-order valence-corrected chi connectivity index (χ3v) is 2.77. The number of esters is 1. The summed E-state index contributed by atoms with van der Waals surface area (Å²) in [5.74, 6) is 0.218. The Kier molecular flexibility index (Phi) is 8.78. The number of carbonyl (C=O) groups excluding carboxylic acids is 1. The molecule has 1 aromatic rings. The Morgan fingerprint density at radius 1 is 1.18 bits per heavy atom. The first-order valence-electron chi connectivity index (χ1n) is 7.11. The van der Waals surface area contributed by atoms with Gasteiger partial charge >= 0.3 is 5.97 Å². The van der Waals surface area contributed by atoms with Crippen molar-refractivity contribution in [3.8, 4) is 0 Å². The fourth-order valence-electron chi connectivity index (χ4n) is 1.65. The predicted molar refractivity (Wildman–Crippen MR) is 83.7 cm³/mol. The van der Waals surface area contributed by atoms with Crippen LogP contribution in [-0.4, -0.2) is 63.1 Å². The van der Waals surface area contributed by atoms with Gasteiger partial charge in [0.2, 0.25) is 5.95 Å². The fourth-order valence-corrected chi connectivity index (χ4v) is 1.65. The average Bonchev–Trinajstić information content (AvgIpc) is 2.54. The van der Waals surface area contributed by atoms with Crippen LogP contribution in [0.4, 0.5) is 5.95 Å². The van der Waals surface area contributed by atoms with Crippen LogP contribution in [0.1, 0.15) is 12.5 Å². The highest BCUT2D eigenvalue weighted by Gasteiger charge is 2.08. The highest BCUT2D eigenvalue weighted by molar-refractivity contribution is 5.86. The second kappa shape index (κ2) is 10.7. The van der Waals surface area contributed by atoms with Crippen LogP contribution in [-0.2, 0) is 19.0 Å². The molecule has 0 spiro atoms. The van der Waals surface area contributed by atoms with Crippen LogP contribution < -0.4 is 4.90 Å². The lowest BCUT2D eigenvalue weighted by Gasteiger charge is -2.21. The smallest absolute Gasteiger partial charge is 0.330 e. The van der Waals surface area contributed by atoms with E-state index in [-0.39, 0.29) is 5.97 Å². The molecular formula is C15H23N3O4. The minimum Gasteiger partial charge on any atom is -0.463 e. The van der Waals surface area contributed by atoms with Crippen molar-refractivity contribution in [1.29, 1.82) is 0 Å². The number of nitrogens with zero attached hydrogens (tertiary/aromatic N) is 3.